The average molecular weight is 650 g/mol. The van der Waals surface area contributed by atoms with Crippen LogP contribution in [0.4, 0.5) is 10.5 Å². The number of hydrogen-bond acceptors (Lipinski definition) is 6. The van der Waals surface area contributed by atoms with Crippen molar-refractivity contribution in [3.63, 3.8) is 0 Å². The minimum Gasteiger partial charge on any atom is -0.484 e. The van der Waals surface area contributed by atoms with Crippen LogP contribution in [0.25, 0.3) is 0 Å². The third-order valence-corrected chi connectivity index (χ3v) is 11.3. The lowest BCUT2D eigenvalue weighted by Gasteiger charge is -2.41. The Morgan fingerprint density at radius 1 is 1.00 bits per heavy atom. The Hall–Kier alpha value is -3.14. The molecule has 45 heavy (non-hydrogen) atoms. The van der Waals surface area contributed by atoms with Gasteiger partial charge in [0.05, 0.1) is 6.61 Å². The largest absolute Gasteiger partial charge is 0.484 e. The number of thiophene rings is 1. The highest BCUT2D eigenvalue weighted by molar-refractivity contribution is 7.10. The van der Waals surface area contributed by atoms with E-state index < -0.39 is 8.07 Å². The molecule has 1 aliphatic rings. The normalized spacial score (nSPS) is 15.7. The molecule has 0 aliphatic carbocycles. The van der Waals surface area contributed by atoms with Crippen molar-refractivity contribution < 1.29 is 19.1 Å². The van der Waals surface area contributed by atoms with Gasteiger partial charge in [-0.3, -0.25) is 9.69 Å². The summed E-state index contributed by atoms with van der Waals surface area (Å²) in [6, 6.07) is 23.9. The van der Waals surface area contributed by atoms with Gasteiger partial charge >= 0.3 is 6.09 Å². The molecule has 0 saturated carbocycles. The summed E-state index contributed by atoms with van der Waals surface area (Å²) < 4.78 is 12.3. The van der Waals surface area contributed by atoms with E-state index in [1.54, 1.807) is 23.3 Å². The van der Waals surface area contributed by atoms with E-state index in [0.29, 0.717) is 26.0 Å². The summed E-state index contributed by atoms with van der Waals surface area (Å²) in [6.45, 7) is 13.8. The fourth-order valence-corrected chi connectivity index (χ4v) is 7.33. The standard InChI is InChI=1S/C36H51N3O4SSi/c1-7-35(40)39(29-14-9-8-10-15-29)30-19-23-38(24-20-30)28(2)31-16-11-12-17-32(31)43-33(34-18-13-26-44-34)21-22-37(3)36(41)42-25-27-45(4,5)6/h8-18,26,28,30,33H,7,19-25,27H2,1-6H3/t28-,33?/m1/s1. The van der Waals surface area contributed by atoms with Crippen molar-refractivity contribution in [2.75, 3.05) is 38.2 Å². The maximum Gasteiger partial charge on any atom is 0.409 e. The molecule has 2 aromatic carbocycles. The van der Waals surface area contributed by atoms with Crippen LogP contribution < -0.4 is 9.64 Å². The van der Waals surface area contributed by atoms with Crippen molar-refractivity contribution in [2.24, 2.45) is 0 Å². The Kier molecular flexibility index (Phi) is 12.7. The summed E-state index contributed by atoms with van der Waals surface area (Å²) >= 11 is 1.68. The molecule has 0 spiro atoms. The van der Waals surface area contributed by atoms with Gasteiger partial charge in [-0.2, -0.15) is 0 Å². The molecular formula is C36H51N3O4SSi. The molecule has 1 unspecified atom stereocenters. The number of anilines is 1. The SMILES string of the molecule is CCC(=O)N(c1ccccc1)C1CCN([C@H](C)c2ccccc2OC(CCN(C)C(=O)OCC[Si](C)(C)C)c2cccs2)CC1. The zero-order chi connectivity index (χ0) is 32.4. The number of amides is 2. The van der Waals surface area contributed by atoms with Crippen LogP contribution in [-0.2, 0) is 9.53 Å². The van der Waals surface area contributed by atoms with Crippen molar-refractivity contribution in [1.82, 2.24) is 9.80 Å². The zero-order valence-corrected chi connectivity index (χ0v) is 29.7. The zero-order valence-electron chi connectivity index (χ0n) is 27.9. The van der Waals surface area contributed by atoms with Gasteiger partial charge in [0.2, 0.25) is 5.91 Å². The third-order valence-electron chi connectivity index (χ3n) is 8.63. The highest BCUT2D eigenvalue weighted by Gasteiger charge is 2.31. The monoisotopic (exact) mass is 649 g/mol. The van der Waals surface area contributed by atoms with Gasteiger partial charge in [-0.25, -0.2) is 4.79 Å². The van der Waals surface area contributed by atoms with Crippen molar-refractivity contribution in [3.8, 4) is 5.75 Å². The van der Waals surface area contributed by atoms with Crippen LogP contribution >= 0.6 is 11.3 Å². The van der Waals surface area contributed by atoms with E-state index in [1.807, 2.05) is 54.3 Å². The lowest BCUT2D eigenvalue weighted by atomic mass is 9.97. The first-order valence-corrected chi connectivity index (χ1v) is 20.9. The summed E-state index contributed by atoms with van der Waals surface area (Å²) in [7, 11) is 0.536. The van der Waals surface area contributed by atoms with Gasteiger partial charge in [-0.15, -0.1) is 11.3 Å². The van der Waals surface area contributed by atoms with Gasteiger partial charge < -0.3 is 19.3 Å². The van der Waals surface area contributed by atoms with Gasteiger partial charge in [0, 0.05) is 75.8 Å². The van der Waals surface area contributed by atoms with E-state index in [-0.39, 0.29) is 30.2 Å². The van der Waals surface area contributed by atoms with E-state index in [2.05, 4.69) is 61.1 Å². The van der Waals surface area contributed by atoms with Crippen molar-refractivity contribution in [2.45, 2.75) is 83.4 Å². The van der Waals surface area contributed by atoms with E-state index >= 15 is 0 Å². The molecule has 1 fully saturated rings. The maximum atomic E-state index is 13.0. The predicted octanol–water partition coefficient (Wildman–Crippen LogP) is 8.63. The first-order chi connectivity index (χ1) is 21.6. The number of hydrogen-bond donors (Lipinski definition) is 0. The van der Waals surface area contributed by atoms with Gasteiger partial charge in [-0.05, 0) is 55.5 Å². The third kappa shape index (κ3) is 9.92. The molecule has 7 nitrogen and oxygen atoms in total. The summed E-state index contributed by atoms with van der Waals surface area (Å²) in [4.78, 5) is 33.0. The van der Waals surface area contributed by atoms with E-state index in [1.165, 1.54) is 0 Å². The molecule has 2 heterocycles. The number of rotatable bonds is 14. The van der Waals surface area contributed by atoms with Gasteiger partial charge in [0.15, 0.2) is 0 Å². The lowest BCUT2D eigenvalue weighted by Crippen LogP contribution is -2.48. The number of nitrogens with zero attached hydrogens (tertiary/aromatic N) is 3. The molecule has 1 aliphatic heterocycles. The molecule has 4 rings (SSSR count). The van der Waals surface area contributed by atoms with Crippen LogP contribution in [0.3, 0.4) is 0 Å². The first kappa shape index (κ1) is 34.7. The minimum atomic E-state index is -1.26. The minimum absolute atomic E-state index is 0.155. The van der Waals surface area contributed by atoms with Gasteiger partial charge in [0.25, 0.3) is 0 Å². The summed E-state index contributed by atoms with van der Waals surface area (Å²) in [5.41, 5.74) is 2.14. The number of carbonyl (C=O) groups excluding carboxylic acids is 2. The Morgan fingerprint density at radius 3 is 2.33 bits per heavy atom. The Bertz CT molecular complexity index is 1340. The second kappa shape index (κ2) is 16.4. The molecule has 0 N–H and O–H groups in total. The Morgan fingerprint density at radius 2 is 1.69 bits per heavy atom. The van der Waals surface area contributed by atoms with Crippen molar-refractivity contribution in [3.05, 3.63) is 82.6 Å². The van der Waals surface area contributed by atoms with Crippen molar-refractivity contribution in [1.29, 1.82) is 0 Å². The quantitative estimate of drug-likeness (QED) is 0.164. The first-order valence-electron chi connectivity index (χ1n) is 16.4. The number of benzene rings is 2. The number of ether oxygens (including phenoxy) is 2. The smallest absolute Gasteiger partial charge is 0.409 e. The fraction of sp³-hybridized carbons (Fsp3) is 0.500. The van der Waals surface area contributed by atoms with Crippen LogP contribution in [0.5, 0.6) is 5.75 Å². The lowest BCUT2D eigenvalue weighted by molar-refractivity contribution is -0.119. The van der Waals surface area contributed by atoms with E-state index in [0.717, 1.165) is 53.9 Å². The topological polar surface area (TPSA) is 62.3 Å². The molecule has 244 valence electrons. The Balaban J connectivity index is 1.40. The Labute approximate surface area is 275 Å². The molecule has 9 heteroatoms. The van der Waals surface area contributed by atoms with Crippen LogP contribution in [0.15, 0.2) is 72.1 Å². The molecule has 2 amide bonds. The van der Waals surface area contributed by atoms with E-state index in [4.69, 9.17) is 9.47 Å². The van der Waals surface area contributed by atoms with Crippen LogP contribution in [0, 0.1) is 0 Å². The molecule has 1 aromatic heterocycles. The fourth-order valence-electron chi connectivity index (χ4n) is 5.82. The number of para-hydroxylation sites is 2. The number of carbonyl (C=O) groups is 2. The van der Waals surface area contributed by atoms with Gasteiger partial charge in [0.1, 0.15) is 11.9 Å². The molecule has 0 bridgehead atoms. The predicted molar refractivity (Wildman–Crippen MR) is 188 cm³/mol. The summed E-state index contributed by atoms with van der Waals surface area (Å²) in [5, 5.41) is 2.07. The number of likely N-dealkylation sites (tertiary alicyclic amines) is 1. The molecular weight excluding hydrogens is 599 g/mol. The second-order valence-electron chi connectivity index (χ2n) is 13.2. The van der Waals surface area contributed by atoms with Crippen molar-refractivity contribution >= 4 is 37.1 Å². The molecule has 1 saturated heterocycles. The second-order valence-corrected chi connectivity index (χ2v) is 19.8. The molecule has 2 atom stereocenters. The average Bonchev–Trinajstić information content (AvgIpc) is 3.58. The van der Waals surface area contributed by atoms with Crippen LogP contribution in [-0.4, -0.2) is 69.2 Å². The maximum absolute atomic E-state index is 13.0. The summed E-state index contributed by atoms with van der Waals surface area (Å²) in [6.07, 6.45) is 2.55. The van der Waals surface area contributed by atoms with Crippen LogP contribution in [0.1, 0.15) is 62.1 Å². The summed E-state index contributed by atoms with van der Waals surface area (Å²) in [5.74, 6) is 1.05. The van der Waals surface area contributed by atoms with Gasteiger partial charge in [-0.1, -0.05) is 69.0 Å². The number of piperidine rings is 1. The molecule has 3 aromatic rings. The highest BCUT2D eigenvalue weighted by atomic mass is 32.1. The van der Waals surface area contributed by atoms with E-state index in [9.17, 15) is 9.59 Å². The van der Waals surface area contributed by atoms with Crippen LogP contribution in [0.2, 0.25) is 25.7 Å². The molecule has 0 radical (unpaired) electrons. The highest BCUT2D eigenvalue weighted by Crippen LogP contribution is 2.36.